The Morgan fingerprint density at radius 3 is 2.68 bits per heavy atom. The lowest BCUT2D eigenvalue weighted by atomic mass is 10.2. The quantitative estimate of drug-likeness (QED) is 0.568. The van der Waals surface area contributed by atoms with Crippen molar-refractivity contribution in [3.63, 3.8) is 0 Å². The van der Waals surface area contributed by atoms with E-state index in [0.29, 0.717) is 28.1 Å². The summed E-state index contributed by atoms with van der Waals surface area (Å²) in [4.78, 5) is 21.8. The predicted molar refractivity (Wildman–Crippen MR) is 72.8 cm³/mol. The highest BCUT2D eigenvalue weighted by Crippen LogP contribution is 2.36. The van der Waals surface area contributed by atoms with Crippen molar-refractivity contribution in [2.45, 2.75) is 13.3 Å². The Balaban J connectivity index is 2.85. The van der Waals surface area contributed by atoms with E-state index in [0.717, 1.165) is 6.29 Å². The van der Waals surface area contributed by atoms with Crippen LogP contribution in [0, 0.1) is 0 Å². The average molecular weight is 331 g/mol. The topological polar surface area (TPSA) is 61.8 Å². The van der Waals surface area contributed by atoms with Crippen LogP contribution in [0.1, 0.15) is 23.7 Å². The van der Waals surface area contributed by atoms with Crippen molar-refractivity contribution in [3.05, 3.63) is 22.2 Å². The molecule has 0 spiro atoms. The van der Waals surface area contributed by atoms with Gasteiger partial charge in [0.2, 0.25) is 0 Å². The molecule has 1 rings (SSSR count). The highest BCUT2D eigenvalue weighted by atomic mass is 79.9. The molecule has 5 nitrogen and oxygen atoms in total. The van der Waals surface area contributed by atoms with Crippen molar-refractivity contribution in [1.29, 1.82) is 0 Å². The molecule has 0 aliphatic carbocycles. The Morgan fingerprint density at radius 1 is 1.37 bits per heavy atom. The van der Waals surface area contributed by atoms with Gasteiger partial charge < -0.3 is 14.2 Å². The fraction of sp³-hybridized carbons (Fsp3) is 0.385. The van der Waals surface area contributed by atoms with Crippen LogP contribution in [0.5, 0.6) is 11.5 Å². The van der Waals surface area contributed by atoms with Crippen molar-refractivity contribution in [3.8, 4) is 11.5 Å². The largest absolute Gasteiger partial charge is 0.490 e. The van der Waals surface area contributed by atoms with Gasteiger partial charge in [0.25, 0.3) is 0 Å². The third-order valence-corrected chi connectivity index (χ3v) is 2.84. The van der Waals surface area contributed by atoms with Gasteiger partial charge in [-0.15, -0.1) is 0 Å². The van der Waals surface area contributed by atoms with E-state index in [4.69, 9.17) is 9.47 Å². The van der Waals surface area contributed by atoms with E-state index in [2.05, 4.69) is 20.7 Å². The molecule has 0 aliphatic heterocycles. The smallest absolute Gasteiger partial charge is 0.308 e. The van der Waals surface area contributed by atoms with Crippen LogP contribution in [0.15, 0.2) is 16.6 Å². The first kappa shape index (κ1) is 15.5. The van der Waals surface area contributed by atoms with Gasteiger partial charge >= 0.3 is 5.97 Å². The number of carbonyl (C=O) groups is 2. The van der Waals surface area contributed by atoms with E-state index in [9.17, 15) is 9.59 Å². The first-order valence-corrected chi connectivity index (χ1v) is 6.52. The molecule has 19 heavy (non-hydrogen) atoms. The van der Waals surface area contributed by atoms with Crippen molar-refractivity contribution in [1.82, 2.24) is 0 Å². The minimum absolute atomic E-state index is 0.143. The second-order valence-electron chi connectivity index (χ2n) is 3.56. The lowest BCUT2D eigenvalue weighted by Crippen LogP contribution is -2.09. The molecule has 6 heteroatoms. The monoisotopic (exact) mass is 330 g/mol. The number of benzene rings is 1. The summed E-state index contributed by atoms with van der Waals surface area (Å²) in [6, 6.07) is 3.22. The first-order valence-electron chi connectivity index (χ1n) is 5.73. The van der Waals surface area contributed by atoms with Crippen LogP contribution in [0.25, 0.3) is 0 Å². The molecule has 0 aromatic heterocycles. The Kier molecular flexibility index (Phi) is 6.35. The van der Waals surface area contributed by atoms with E-state index < -0.39 is 0 Å². The van der Waals surface area contributed by atoms with Gasteiger partial charge in [-0.25, -0.2) is 0 Å². The molecule has 0 saturated carbocycles. The molecule has 0 heterocycles. The maximum absolute atomic E-state index is 11.0. The van der Waals surface area contributed by atoms with Gasteiger partial charge in [-0.2, -0.15) is 0 Å². The Morgan fingerprint density at radius 2 is 2.11 bits per heavy atom. The number of hydrogen-bond donors (Lipinski definition) is 0. The van der Waals surface area contributed by atoms with Gasteiger partial charge in [0.1, 0.15) is 6.29 Å². The molecule has 0 fully saturated rings. The van der Waals surface area contributed by atoms with Crippen LogP contribution in [0.4, 0.5) is 0 Å². The molecule has 0 atom stereocenters. The lowest BCUT2D eigenvalue weighted by molar-refractivity contribution is -0.141. The predicted octanol–water partition coefficient (Wildman–Crippen LogP) is 2.60. The fourth-order valence-electron chi connectivity index (χ4n) is 1.40. The summed E-state index contributed by atoms with van der Waals surface area (Å²) in [6.07, 6.45) is 0.870. The zero-order valence-corrected chi connectivity index (χ0v) is 12.4. The van der Waals surface area contributed by atoms with Gasteiger partial charge in [-0.3, -0.25) is 9.59 Å². The van der Waals surface area contributed by atoms with Crippen LogP contribution in [0.3, 0.4) is 0 Å². The third-order valence-electron chi connectivity index (χ3n) is 2.25. The number of aldehydes is 1. The molecule has 0 N–H and O–H groups in total. The lowest BCUT2D eigenvalue weighted by Gasteiger charge is -2.13. The van der Waals surface area contributed by atoms with E-state index in [1.807, 2.05) is 6.92 Å². The normalized spacial score (nSPS) is 9.84. The summed E-state index contributed by atoms with van der Waals surface area (Å²) in [5.41, 5.74) is 0.482. The van der Waals surface area contributed by atoms with Crippen molar-refractivity contribution in [2.24, 2.45) is 0 Å². The number of carbonyl (C=O) groups excluding carboxylic acids is 2. The second-order valence-corrected chi connectivity index (χ2v) is 4.41. The van der Waals surface area contributed by atoms with Crippen LogP contribution in [-0.4, -0.2) is 32.6 Å². The second kappa shape index (κ2) is 7.78. The molecule has 1 aromatic carbocycles. The van der Waals surface area contributed by atoms with Crippen LogP contribution < -0.4 is 9.47 Å². The number of ether oxygens (including phenoxy) is 3. The number of methoxy groups -OCH3 is 1. The van der Waals surface area contributed by atoms with Gasteiger partial charge in [0, 0.05) is 5.56 Å². The SMILES string of the molecule is CCOc1cc(C=O)cc(Br)c1OCCC(=O)OC. The zero-order chi connectivity index (χ0) is 14.3. The van der Waals surface area contributed by atoms with Crippen molar-refractivity contribution in [2.75, 3.05) is 20.3 Å². The third kappa shape index (κ3) is 4.55. The molecule has 1 aromatic rings. The van der Waals surface area contributed by atoms with Gasteiger partial charge in [-0.1, -0.05) is 0 Å². The minimum Gasteiger partial charge on any atom is -0.490 e. The Bertz CT molecular complexity index is 459. The molecular formula is C13H15BrO5. The Labute approximate surface area is 120 Å². The summed E-state index contributed by atoms with van der Waals surface area (Å²) in [5, 5.41) is 0. The van der Waals surface area contributed by atoms with Gasteiger partial charge in [-0.05, 0) is 35.0 Å². The summed E-state index contributed by atoms with van der Waals surface area (Å²) in [6.45, 7) is 2.45. The van der Waals surface area contributed by atoms with E-state index in [1.165, 1.54) is 7.11 Å². The van der Waals surface area contributed by atoms with Gasteiger partial charge in [0.05, 0.1) is 31.2 Å². The summed E-state index contributed by atoms with van der Waals surface area (Å²) in [5.74, 6) is 0.582. The van der Waals surface area contributed by atoms with Crippen LogP contribution in [-0.2, 0) is 9.53 Å². The fourth-order valence-corrected chi connectivity index (χ4v) is 1.97. The molecule has 0 saturated heterocycles. The molecule has 0 unspecified atom stereocenters. The Hall–Kier alpha value is -1.56. The summed E-state index contributed by atoms with van der Waals surface area (Å²) < 4.78 is 16.0. The first-order chi connectivity index (χ1) is 9.12. The molecule has 0 aliphatic rings. The van der Waals surface area contributed by atoms with Crippen LogP contribution >= 0.6 is 15.9 Å². The van der Waals surface area contributed by atoms with E-state index >= 15 is 0 Å². The number of rotatable bonds is 7. The van der Waals surface area contributed by atoms with Crippen molar-refractivity contribution < 1.29 is 23.8 Å². The molecular weight excluding hydrogens is 316 g/mol. The molecule has 0 amide bonds. The maximum atomic E-state index is 11.0. The summed E-state index contributed by atoms with van der Waals surface area (Å²) in [7, 11) is 1.32. The standard InChI is InChI=1S/C13H15BrO5/c1-3-18-11-7-9(8-15)6-10(14)13(11)19-5-4-12(16)17-2/h6-8H,3-5H2,1-2H3. The minimum atomic E-state index is -0.349. The highest BCUT2D eigenvalue weighted by molar-refractivity contribution is 9.10. The average Bonchev–Trinajstić information content (AvgIpc) is 2.41. The number of esters is 1. The van der Waals surface area contributed by atoms with Gasteiger partial charge in [0.15, 0.2) is 11.5 Å². The number of halogens is 1. The number of hydrogen-bond acceptors (Lipinski definition) is 5. The van der Waals surface area contributed by atoms with E-state index in [-0.39, 0.29) is 19.0 Å². The van der Waals surface area contributed by atoms with Crippen molar-refractivity contribution >= 4 is 28.2 Å². The molecule has 104 valence electrons. The highest BCUT2D eigenvalue weighted by Gasteiger charge is 2.13. The molecule has 0 radical (unpaired) electrons. The van der Waals surface area contributed by atoms with E-state index in [1.54, 1.807) is 12.1 Å². The van der Waals surface area contributed by atoms with Crippen LogP contribution in [0.2, 0.25) is 0 Å². The summed E-state index contributed by atoms with van der Waals surface area (Å²) >= 11 is 3.31. The molecule has 0 bridgehead atoms. The zero-order valence-electron chi connectivity index (χ0n) is 10.8. The maximum Gasteiger partial charge on any atom is 0.308 e.